The van der Waals surface area contributed by atoms with Crippen LogP contribution in [0.3, 0.4) is 0 Å². The largest absolute Gasteiger partial charge is 0.457 e. The fourth-order valence-electron chi connectivity index (χ4n) is 3.75. The molecule has 0 amide bonds. The highest BCUT2D eigenvalue weighted by Crippen LogP contribution is 2.28. The third-order valence-electron chi connectivity index (χ3n) is 5.47. The number of pyridine rings is 1. The summed E-state index contributed by atoms with van der Waals surface area (Å²) in [6, 6.07) is 17.9. The van der Waals surface area contributed by atoms with E-state index in [-0.39, 0.29) is 0 Å². The molecule has 8 heteroatoms. The van der Waals surface area contributed by atoms with Crippen LogP contribution >= 0.6 is 15.9 Å². The zero-order valence-electron chi connectivity index (χ0n) is 17.8. The van der Waals surface area contributed by atoms with Crippen molar-refractivity contribution in [3.63, 3.8) is 0 Å². The van der Waals surface area contributed by atoms with Gasteiger partial charge in [-0.3, -0.25) is 9.88 Å². The summed E-state index contributed by atoms with van der Waals surface area (Å²) in [6.45, 7) is 4.21. The molecule has 7 nitrogen and oxygen atoms in total. The van der Waals surface area contributed by atoms with Crippen molar-refractivity contribution >= 4 is 38.6 Å². The van der Waals surface area contributed by atoms with E-state index in [9.17, 15) is 0 Å². The normalized spacial score (nSPS) is 14.6. The van der Waals surface area contributed by atoms with Crippen LogP contribution in [0.1, 0.15) is 5.69 Å². The summed E-state index contributed by atoms with van der Waals surface area (Å²) >= 11 is 3.46. The maximum Gasteiger partial charge on any atom is 0.208 e. The number of ether oxygens (including phenoxy) is 2. The van der Waals surface area contributed by atoms with E-state index >= 15 is 0 Å². The minimum absolute atomic E-state index is 0.745. The van der Waals surface area contributed by atoms with Crippen LogP contribution in [0.2, 0.25) is 0 Å². The topological polar surface area (TPSA) is 64.4 Å². The predicted molar refractivity (Wildman–Crippen MR) is 129 cm³/mol. The second kappa shape index (κ2) is 9.28. The number of aryl methyl sites for hydroxylation is 1. The molecule has 4 aromatic rings. The van der Waals surface area contributed by atoms with Crippen molar-refractivity contribution in [2.45, 2.75) is 6.54 Å². The molecule has 0 bridgehead atoms. The molecule has 1 fully saturated rings. The maximum absolute atomic E-state index is 6.14. The minimum Gasteiger partial charge on any atom is -0.457 e. The van der Waals surface area contributed by atoms with Crippen LogP contribution in [0.4, 0.5) is 11.6 Å². The van der Waals surface area contributed by atoms with Gasteiger partial charge in [-0.15, -0.1) is 0 Å². The van der Waals surface area contributed by atoms with Crippen LogP contribution < -0.4 is 10.1 Å². The van der Waals surface area contributed by atoms with Gasteiger partial charge in [-0.05, 0) is 42.5 Å². The van der Waals surface area contributed by atoms with Gasteiger partial charge in [0.25, 0.3) is 0 Å². The smallest absolute Gasteiger partial charge is 0.208 e. The molecule has 0 spiro atoms. The third-order valence-corrected chi connectivity index (χ3v) is 5.99. The number of anilines is 2. The van der Waals surface area contributed by atoms with Crippen LogP contribution in [0.5, 0.6) is 11.5 Å². The van der Waals surface area contributed by atoms with Crippen molar-refractivity contribution in [1.29, 1.82) is 0 Å². The van der Waals surface area contributed by atoms with E-state index in [4.69, 9.17) is 14.5 Å². The second-order valence-corrected chi connectivity index (χ2v) is 8.67. The Kier molecular flexibility index (Phi) is 6.07. The molecule has 2 aromatic carbocycles. The molecule has 0 aliphatic carbocycles. The Hall–Kier alpha value is -2.94. The molecular weight excluding hydrogens is 470 g/mol. The van der Waals surface area contributed by atoms with E-state index in [0.717, 1.165) is 77.2 Å². The molecule has 1 N–H and O–H groups in total. The molecule has 0 unspecified atom stereocenters. The number of halogens is 1. The zero-order chi connectivity index (χ0) is 21.9. The maximum atomic E-state index is 6.14. The highest BCUT2D eigenvalue weighted by molar-refractivity contribution is 9.10. The molecular formula is C24H24BrN5O2. The lowest BCUT2D eigenvalue weighted by molar-refractivity contribution is 0.0336. The number of nitrogens with zero attached hydrogens (tertiary/aromatic N) is 4. The van der Waals surface area contributed by atoms with E-state index in [2.05, 4.69) is 31.1 Å². The summed E-state index contributed by atoms with van der Waals surface area (Å²) in [5, 5.41) is 3.37. The van der Waals surface area contributed by atoms with E-state index < -0.39 is 0 Å². The number of morpholine rings is 1. The fourth-order valence-corrected chi connectivity index (χ4v) is 4.01. The van der Waals surface area contributed by atoms with Gasteiger partial charge in [0, 0.05) is 55.2 Å². The van der Waals surface area contributed by atoms with Crippen molar-refractivity contribution in [2.24, 2.45) is 7.05 Å². The minimum atomic E-state index is 0.745. The highest BCUT2D eigenvalue weighted by Gasteiger charge is 2.13. The molecule has 1 saturated heterocycles. The van der Waals surface area contributed by atoms with Crippen molar-refractivity contribution in [1.82, 2.24) is 19.4 Å². The standard InChI is InChI=1S/C24H24BrN5O2/c1-29-23-7-6-20(15-22(23)28-24(29)27-18-4-2-17(25)3-5-18)32-21-8-9-26-19(14-21)16-30-10-12-31-13-11-30/h2-9,14-15H,10-13,16H2,1H3,(H,27,28). The summed E-state index contributed by atoms with van der Waals surface area (Å²) in [5.41, 5.74) is 3.86. The van der Waals surface area contributed by atoms with Gasteiger partial charge in [0.15, 0.2) is 0 Å². The Morgan fingerprint density at radius 1 is 1.03 bits per heavy atom. The van der Waals surface area contributed by atoms with Gasteiger partial charge in [-0.1, -0.05) is 15.9 Å². The molecule has 3 heterocycles. The van der Waals surface area contributed by atoms with Crippen LogP contribution in [0.15, 0.2) is 65.3 Å². The third kappa shape index (κ3) is 4.77. The van der Waals surface area contributed by atoms with E-state index in [1.165, 1.54) is 0 Å². The summed E-state index contributed by atoms with van der Waals surface area (Å²) in [5.74, 6) is 2.29. The molecule has 0 atom stereocenters. The highest BCUT2D eigenvalue weighted by atomic mass is 79.9. The summed E-state index contributed by atoms with van der Waals surface area (Å²) in [7, 11) is 2.00. The van der Waals surface area contributed by atoms with Gasteiger partial charge in [-0.25, -0.2) is 4.98 Å². The number of nitrogens with one attached hydrogen (secondary N) is 1. The van der Waals surface area contributed by atoms with Gasteiger partial charge in [-0.2, -0.15) is 0 Å². The Balaban J connectivity index is 1.32. The lowest BCUT2D eigenvalue weighted by Crippen LogP contribution is -2.35. The van der Waals surface area contributed by atoms with Crippen LogP contribution in [0, 0.1) is 0 Å². The first-order valence-corrected chi connectivity index (χ1v) is 11.4. The first-order chi connectivity index (χ1) is 15.6. The SMILES string of the molecule is Cn1c(Nc2ccc(Br)cc2)nc2cc(Oc3ccnc(CN4CCOCC4)c3)ccc21. The average Bonchev–Trinajstić information content (AvgIpc) is 3.11. The molecule has 5 rings (SSSR count). The molecule has 164 valence electrons. The number of hydrogen-bond acceptors (Lipinski definition) is 6. The van der Waals surface area contributed by atoms with Crippen molar-refractivity contribution in [3.8, 4) is 11.5 Å². The first-order valence-electron chi connectivity index (χ1n) is 10.6. The quantitative estimate of drug-likeness (QED) is 0.403. The number of rotatable bonds is 6. The number of benzene rings is 2. The van der Waals surface area contributed by atoms with Crippen molar-refractivity contribution in [2.75, 3.05) is 31.6 Å². The molecule has 2 aromatic heterocycles. The average molecular weight is 494 g/mol. The Morgan fingerprint density at radius 2 is 1.81 bits per heavy atom. The van der Waals surface area contributed by atoms with Gasteiger partial charge in [0.05, 0.1) is 29.9 Å². The van der Waals surface area contributed by atoms with Gasteiger partial charge >= 0.3 is 0 Å². The summed E-state index contributed by atoms with van der Waals surface area (Å²) < 4.78 is 14.6. The fraction of sp³-hybridized carbons (Fsp3) is 0.250. The number of hydrogen-bond donors (Lipinski definition) is 1. The lowest BCUT2D eigenvalue weighted by Gasteiger charge is -2.26. The second-order valence-electron chi connectivity index (χ2n) is 7.75. The molecule has 0 saturated carbocycles. The molecule has 32 heavy (non-hydrogen) atoms. The van der Waals surface area contributed by atoms with Crippen molar-refractivity contribution < 1.29 is 9.47 Å². The number of fused-ring (bicyclic) bond motifs is 1. The Bertz CT molecular complexity index is 1220. The molecule has 1 aliphatic heterocycles. The number of aromatic nitrogens is 3. The van der Waals surface area contributed by atoms with Crippen LogP contribution in [0.25, 0.3) is 11.0 Å². The number of imidazole rings is 1. The van der Waals surface area contributed by atoms with E-state index in [1.54, 1.807) is 6.20 Å². The van der Waals surface area contributed by atoms with Crippen molar-refractivity contribution in [3.05, 3.63) is 71.0 Å². The lowest BCUT2D eigenvalue weighted by atomic mass is 10.3. The Labute approximate surface area is 195 Å². The van der Waals surface area contributed by atoms with Gasteiger partial charge in [0.2, 0.25) is 5.95 Å². The van der Waals surface area contributed by atoms with E-state index in [1.807, 2.05) is 66.2 Å². The first kappa shape index (κ1) is 20.9. The van der Waals surface area contributed by atoms with Crippen LogP contribution in [-0.2, 0) is 18.3 Å². The van der Waals surface area contributed by atoms with E-state index in [0.29, 0.717) is 0 Å². The van der Waals surface area contributed by atoms with Crippen LogP contribution in [-0.4, -0.2) is 45.7 Å². The van der Waals surface area contributed by atoms with Gasteiger partial charge < -0.3 is 19.4 Å². The zero-order valence-corrected chi connectivity index (χ0v) is 19.4. The summed E-state index contributed by atoms with van der Waals surface area (Å²) in [6.07, 6.45) is 1.80. The van der Waals surface area contributed by atoms with Gasteiger partial charge in [0.1, 0.15) is 11.5 Å². The molecule has 0 radical (unpaired) electrons. The molecule has 1 aliphatic rings. The summed E-state index contributed by atoms with van der Waals surface area (Å²) in [4.78, 5) is 11.6. The monoisotopic (exact) mass is 493 g/mol. The Morgan fingerprint density at radius 3 is 2.62 bits per heavy atom. The predicted octanol–water partition coefficient (Wildman–Crippen LogP) is 5.10.